The highest BCUT2D eigenvalue weighted by atomic mass is 32.2. The molecule has 0 atom stereocenters. The van der Waals surface area contributed by atoms with Gasteiger partial charge in [0.1, 0.15) is 5.78 Å². The lowest BCUT2D eigenvalue weighted by Gasteiger charge is -2.06. The first kappa shape index (κ1) is 16.3. The van der Waals surface area contributed by atoms with E-state index in [0.717, 1.165) is 6.07 Å². The van der Waals surface area contributed by atoms with Crippen molar-refractivity contribution in [2.45, 2.75) is 31.1 Å². The number of Topliss-reactive ketones (excluding diaryl/α,β-unsaturated/α-hetero) is 1. The van der Waals surface area contributed by atoms with Gasteiger partial charge in [0.15, 0.2) is 0 Å². The number of ketones is 1. The van der Waals surface area contributed by atoms with Gasteiger partial charge >= 0.3 is 0 Å². The molecule has 1 N–H and O–H groups in total. The number of hydrogen-bond donors (Lipinski definition) is 1. The zero-order valence-electron chi connectivity index (χ0n) is 11.3. The fraction of sp³-hybridized carbons (Fsp3) is 0.417. The molecule has 0 fully saturated rings. The van der Waals surface area contributed by atoms with E-state index in [9.17, 15) is 23.3 Å². The highest BCUT2D eigenvalue weighted by Crippen LogP contribution is 2.24. The number of nitro benzene ring substituents is 1. The molecule has 0 unspecified atom stereocenters. The first-order chi connectivity index (χ1) is 9.31. The van der Waals surface area contributed by atoms with Gasteiger partial charge in [0, 0.05) is 24.5 Å². The van der Waals surface area contributed by atoms with Crippen molar-refractivity contribution in [2.24, 2.45) is 0 Å². The van der Waals surface area contributed by atoms with Crippen molar-refractivity contribution in [2.75, 3.05) is 7.05 Å². The number of carbonyl (C=O) groups is 1. The van der Waals surface area contributed by atoms with E-state index < -0.39 is 14.9 Å². The number of benzene rings is 1. The predicted molar refractivity (Wildman–Crippen MR) is 73.0 cm³/mol. The number of hydrogen-bond acceptors (Lipinski definition) is 5. The summed E-state index contributed by atoms with van der Waals surface area (Å²) in [5, 5.41) is 11.0. The second-order valence-corrected chi connectivity index (χ2v) is 6.11. The maximum Gasteiger partial charge on any atom is 0.274 e. The van der Waals surface area contributed by atoms with E-state index in [-0.39, 0.29) is 28.4 Å². The summed E-state index contributed by atoms with van der Waals surface area (Å²) < 4.78 is 25.3. The standard InChI is InChI=1S/C12H16N2O5S/c1-3-4-10(15)7-9-5-6-11(20(18,19)13-2)8-12(9)14(16)17/h5-6,8,13H,3-4,7H2,1-2H3. The molecule has 0 radical (unpaired) electrons. The molecule has 0 amide bonds. The monoisotopic (exact) mass is 300 g/mol. The molecule has 1 rings (SSSR count). The van der Waals surface area contributed by atoms with Crippen LogP contribution in [0.25, 0.3) is 0 Å². The van der Waals surface area contributed by atoms with Gasteiger partial charge in [-0.1, -0.05) is 13.0 Å². The van der Waals surface area contributed by atoms with Crippen molar-refractivity contribution in [3.63, 3.8) is 0 Å². The van der Waals surface area contributed by atoms with Gasteiger partial charge in [-0.2, -0.15) is 0 Å². The minimum absolute atomic E-state index is 0.0654. The largest absolute Gasteiger partial charge is 0.299 e. The van der Waals surface area contributed by atoms with Gasteiger partial charge in [-0.25, -0.2) is 13.1 Å². The van der Waals surface area contributed by atoms with Crippen molar-refractivity contribution in [3.8, 4) is 0 Å². The Morgan fingerprint density at radius 3 is 2.55 bits per heavy atom. The summed E-state index contributed by atoms with van der Waals surface area (Å²) in [6, 6.07) is 3.55. The van der Waals surface area contributed by atoms with Gasteiger partial charge in [0.05, 0.1) is 9.82 Å². The maximum atomic E-state index is 11.6. The van der Waals surface area contributed by atoms with Crippen molar-refractivity contribution in [1.82, 2.24) is 4.72 Å². The minimum Gasteiger partial charge on any atom is -0.299 e. The van der Waals surface area contributed by atoms with Gasteiger partial charge in [0.25, 0.3) is 5.69 Å². The van der Waals surface area contributed by atoms with E-state index in [1.807, 2.05) is 6.92 Å². The van der Waals surface area contributed by atoms with Crippen LogP contribution in [-0.2, 0) is 21.2 Å². The number of nitrogens with one attached hydrogen (secondary N) is 1. The lowest BCUT2D eigenvalue weighted by Crippen LogP contribution is -2.19. The molecule has 0 bridgehead atoms. The quantitative estimate of drug-likeness (QED) is 0.605. The van der Waals surface area contributed by atoms with Crippen molar-refractivity contribution < 1.29 is 18.1 Å². The van der Waals surface area contributed by atoms with Crippen LogP contribution in [0.15, 0.2) is 23.1 Å². The molecule has 0 aliphatic carbocycles. The predicted octanol–water partition coefficient (Wildman–Crippen LogP) is 1.41. The van der Waals surface area contributed by atoms with E-state index >= 15 is 0 Å². The third-order valence-corrected chi connectivity index (χ3v) is 4.16. The molecule has 0 saturated carbocycles. The van der Waals surface area contributed by atoms with Crippen LogP contribution in [0.3, 0.4) is 0 Å². The lowest BCUT2D eigenvalue weighted by molar-refractivity contribution is -0.385. The van der Waals surface area contributed by atoms with Gasteiger partial charge in [0.2, 0.25) is 10.0 Å². The van der Waals surface area contributed by atoms with Gasteiger partial charge in [-0.3, -0.25) is 14.9 Å². The Morgan fingerprint density at radius 2 is 2.05 bits per heavy atom. The number of nitro groups is 1. The fourth-order valence-corrected chi connectivity index (χ4v) is 2.48. The molecule has 0 spiro atoms. The summed E-state index contributed by atoms with van der Waals surface area (Å²) in [4.78, 5) is 21.7. The summed E-state index contributed by atoms with van der Waals surface area (Å²) >= 11 is 0. The Hall–Kier alpha value is -1.80. The molecule has 110 valence electrons. The molecule has 1 aromatic carbocycles. The summed E-state index contributed by atoms with van der Waals surface area (Å²) in [7, 11) is -2.53. The summed E-state index contributed by atoms with van der Waals surface area (Å²) in [5.41, 5.74) is -0.130. The van der Waals surface area contributed by atoms with Crippen LogP contribution in [0, 0.1) is 10.1 Å². The van der Waals surface area contributed by atoms with Crippen LogP contribution in [0.1, 0.15) is 25.3 Å². The number of nitrogens with zero attached hydrogens (tertiary/aromatic N) is 1. The average Bonchev–Trinajstić information content (AvgIpc) is 2.38. The SMILES string of the molecule is CCCC(=O)Cc1ccc(S(=O)(=O)NC)cc1[N+](=O)[O-]. The number of carbonyl (C=O) groups excluding carboxylic acids is 1. The first-order valence-corrected chi connectivity index (χ1v) is 7.52. The molecule has 1 aromatic rings. The van der Waals surface area contributed by atoms with E-state index in [1.165, 1.54) is 19.2 Å². The molecule has 0 aliphatic rings. The van der Waals surface area contributed by atoms with Crippen LogP contribution < -0.4 is 4.72 Å². The Kier molecular flexibility index (Phi) is 5.34. The van der Waals surface area contributed by atoms with E-state index in [2.05, 4.69) is 4.72 Å². The molecular formula is C12H16N2O5S. The second kappa shape index (κ2) is 6.58. The number of sulfonamides is 1. The van der Waals surface area contributed by atoms with Crippen molar-refractivity contribution in [1.29, 1.82) is 0 Å². The van der Waals surface area contributed by atoms with Crippen LogP contribution in [-0.4, -0.2) is 26.2 Å². The number of rotatable bonds is 7. The van der Waals surface area contributed by atoms with E-state index in [4.69, 9.17) is 0 Å². The topological polar surface area (TPSA) is 106 Å². The van der Waals surface area contributed by atoms with Crippen LogP contribution in [0.2, 0.25) is 0 Å². The summed E-state index contributed by atoms with van der Waals surface area (Å²) in [6.07, 6.45) is 0.941. The molecule has 0 aromatic heterocycles. The summed E-state index contributed by atoms with van der Waals surface area (Å²) in [5.74, 6) is -0.111. The van der Waals surface area contributed by atoms with Crippen molar-refractivity contribution >= 4 is 21.5 Å². The third kappa shape index (κ3) is 3.84. The maximum absolute atomic E-state index is 11.6. The normalized spacial score (nSPS) is 11.3. The molecule has 20 heavy (non-hydrogen) atoms. The Morgan fingerprint density at radius 1 is 1.40 bits per heavy atom. The molecule has 8 heteroatoms. The molecular weight excluding hydrogens is 284 g/mol. The molecule has 0 aliphatic heterocycles. The highest BCUT2D eigenvalue weighted by Gasteiger charge is 2.21. The van der Waals surface area contributed by atoms with Gasteiger partial charge in [-0.05, 0) is 19.5 Å². The summed E-state index contributed by atoms with van der Waals surface area (Å²) in [6.45, 7) is 1.84. The third-order valence-electron chi connectivity index (χ3n) is 2.75. The smallest absolute Gasteiger partial charge is 0.274 e. The average molecular weight is 300 g/mol. The molecule has 0 saturated heterocycles. The molecule has 0 heterocycles. The second-order valence-electron chi connectivity index (χ2n) is 4.22. The van der Waals surface area contributed by atoms with E-state index in [1.54, 1.807) is 0 Å². The Labute approximate surface area is 117 Å². The Balaban J connectivity index is 3.22. The van der Waals surface area contributed by atoms with E-state index in [0.29, 0.717) is 12.8 Å². The zero-order valence-corrected chi connectivity index (χ0v) is 12.1. The Bertz CT molecular complexity index is 625. The van der Waals surface area contributed by atoms with Crippen LogP contribution in [0.5, 0.6) is 0 Å². The fourth-order valence-electron chi connectivity index (χ4n) is 1.73. The zero-order chi connectivity index (χ0) is 15.3. The van der Waals surface area contributed by atoms with Crippen LogP contribution in [0.4, 0.5) is 5.69 Å². The first-order valence-electron chi connectivity index (χ1n) is 6.04. The van der Waals surface area contributed by atoms with Crippen molar-refractivity contribution in [3.05, 3.63) is 33.9 Å². The highest BCUT2D eigenvalue weighted by molar-refractivity contribution is 7.89. The molecule has 7 nitrogen and oxygen atoms in total. The van der Waals surface area contributed by atoms with Gasteiger partial charge in [-0.15, -0.1) is 0 Å². The lowest BCUT2D eigenvalue weighted by atomic mass is 10.0. The van der Waals surface area contributed by atoms with Gasteiger partial charge < -0.3 is 0 Å². The van der Waals surface area contributed by atoms with Crippen LogP contribution >= 0.6 is 0 Å². The minimum atomic E-state index is -3.75.